The molecule has 104 valence electrons. The molecule has 1 N–H and O–H groups in total. The van der Waals surface area contributed by atoms with Crippen molar-refractivity contribution < 1.29 is 4.84 Å². The largest absolute Gasteiger partial charge is 0.366 e. The summed E-state index contributed by atoms with van der Waals surface area (Å²) in [5.41, 5.74) is 7.77. The summed E-state index contributed by atoms with van der Waals surface area (Å²) in [6.07, 6.45) is 1.85. The third-order valence-corrected chi connectivity index (χ3v) is 2.99. The molecule has 0 saturated heterocycles. The van der Waals surface area contributed by atoms with Gasteiger partial charge in [0.2, 0.25) is 0 Å². The highest BCUT2D eigenvalue weighted by atomic mass is 16.6. The van der Waals surface area contributed by atoms with Gasteiger partial charge in [-0.2, -0.15) is 0 Å². The minimum Gasteiger partial charge on any atom is -0.366 e. The molecule has 0 atom stereocenters. The first-order valence-corrected chi connectivity index (χ1v) is 6.33. The lowest BCUT2D eigenvalue weighted by Crippen LogP contribution is -2.14. The zero-order valence-corrected chi connectivity index (χ0v) is 12.4. The van der Waals surface area contributed by atoms with E-state index in [0.29, 0.717) is 0 Å². The Morgan fingerprint density at radius 2 is 2.11 bits per heavy atom. The van der Waals surface area contributed by atoms with Gasteiger partial charge in [0.25, 0.3) is 0 Å². The van der Waals surface area contributed by atoms with E-state index in [2.05, 4.69) is 36.1 Å². The molecule has 0 saturated carbocycles. The maximum absolute atomic E-state index is 4.89. The van der Waals surface area contributed by atoms with Gasteiger partial charge in [-0.15, -0.1) is 0 Å². The average molecular weight is 261 g/mol. The summed E-state index contributed by atoms with van der Waals surface area (Å²) in [4.78, 5) is 11.4. The number of hydrogen-bond donors (Lipinski definition) is 1. The van der Waals surface area contributed by atoms with Gasteiger partial charge in [0.1, 0.15) is 0 Å². The minimum absolute atomic E-state index is 0.754. The van der Waals surface area contributed by atoms with Gasteiger partial charge in [0.15, 0.2) is 0 Å². The summed E-state index contributed by atoms with van der Waals surface area (Å²) in [5, 5.41) is 0. The van der Waals surface area contributed by atoms with Gasteiger partial charge in [0, 0.05) is 19.2 Å². The fourth-order valence-corrected chi connectivity index (χ4v) is 1.69. The zero-order valence-electron chi connectivity index (χ0n) is 12.4. The molecule has 0 amide bonds. The molecular weight excluding hydrogens is 238 g/mol. The molecule has 0 bridgehead atoms. The lowest BCUT2D eigenvalue weighted by atomic mass is 10.0. The van der Waals surface area contributed by atoms with Gasteiger partial charge in [-0.05, 0) is 44.0 Å². The van der Waals surface area contributed by atoms with Crippen molar-refractivity contribution in [1.29, 1.82) is 0 Å². The Balaban J connectivity index is 3.03. The number of benzene rings is 1. The Morgan fingerprint density at radius 3 is 2.68 bits per heavy atom. The number of nitrogens with zero attached hydrogens (tertiary/aromatic N) is 2. The van der Waals surface area contributed by atoms with Gasteiger partial charge in [-0.3, -0.25) is 10.3 Å². The van der Waals surface area contributed by atoms with Crippen molar-refractivity contribution in [2.45, 2.75) is 20.8 Å². The van der Waals surface area contributed by atoms with Crippen molar-refractivity contribution in [2.75, 3.05) is 20.7 Å². The normalized spacial score (nSPS) is 10.8. The van der Waals surface area contributed by atoms with E-state index < -0.39 is 0 Å². The number of aliphatic imine (C=N–C) groups is 1. The number of aryl methyl sites for hydroxylation is 2. The van der Waals surface area contributed by atoms with Crippen molar-refractivity contribution in [1.82, 2.24) is 10.4 Å². The van der Waals surface area contributed by atoms with E-state index in [1.165, 1.54) is 0 Å². The quantitative estimate of drug-likeness (QED) is 0.486. The smallest absolute Gasteiger partial charge is 0.0909 e. The summed E-state index contributed by atoms with van der Waals surface area (Å²) < 4.78 is 0. The number of rotatable bonds is 6. The summed E-state index contributed by atoms with van der Waals surface area (Å²) in [5.74, 6) is 0. The van der Waals surface area contributed by atoms with Gasteiger partial charge in [0.05, 0.1) is 24.8 Å². The molecule has 0 aliphatic carbocycles. The lowest BCUT2D eigenvalue weighted by molar-refractivity contribution is 0.137. The summed E-state index contributed by atoms with van der Waals surface area (Å²) >= 11 is 0. The van der Waals surface area contributed by atoms with Crippen LogP contribution in [0.5, 0.6) is 0 Å². The Kier molecular flexibility index (Phi) is 5.57. The first-order chi connectivity index (χ1) is 8.99. The maximum atomic E-state index is 4.89. The third kappa shape index (κ3) is 4.10. The fourth-order valence-electron chi connectivity index (χ4n) is 1.69. The van der Waals surface area contributed by atoms with E-state index in [-0.39, 0.29) is 0 Å². The molecule has 0 spiro atoms. The van der Waals surface area contributed by atoms with Crippen molar-refractivity contribution in [3.8, 4) is 0 Å². The van der Waals surface area contributed by atoms with Crippen molar-refractivity contribution in [2.24, 2.45) is 4.99 Å². The third-order valence-electron chi connectivity index (χ3n) is 2.99. The lowest BCUT2D eigenvalue weighted by Gasteiger charge is -2.13. The predicted octanol–water partition coefficient (Wildman–Crippen LogP) is 3.04. The van der Waals surface area contributed by atoms with E-state index in [1.807, 2.05) is 32.1 Å². The standard InChI is InChI=1S/C15H23N3O/c1-7-18(5)10-16-15-9-11(2)14(8-12(15)3)13(4)17-19-6/h8-10,17H,4,7H2,1-3,5-6H3. The molecule has 4 heteroatoms. The Hall–Kier alpha value is -1.81. The van der Waals surface area contributed by atoms with Gasteiger partial charge >= 0.3 is 0 Å². The minimum atomic E-state index is 0.754. The second-order valence-corrected chi connectivity index (χ2v) is 4.56. The number of hydrogen-bond acceptors (Lipinski definition) is 3. The summed E-state index contributed by atoms with van der Waals surface area (Å²) in [7, 11) is 3.58. The second-order valence-electron chi connectivity index (χ2n) is 4.56. The van der Waals surface area contributed by atoms with E-state index in [4.69, 9.17) is 4.84 Å². The first-order valence-electron chi connectivity index (χ1n) is 6.33. The van der Waals surface area contributed by atoms with Crippen LogP contribution in [0.15, 0.2) is 23.7 Å². The Bertz CT molecular complexity index is 481. The Morgan fingerprint density at radius 1 is 1.42 bits per heavy atom. The van der Waals surface area contributed by atoms with Crippen molar-refractivity contribution in [3.63, 3.8) is 0 Å². The molecule has 1 aromatic carbocycles. The fraction of sp³-hybridized carbons (Fsp3) is 0.400. The van der Waals surface area contributed by atoms with Gasteiger partial charge in [-0.25, -0.2) is 4.99 Å². The van der Waals surface area contributed by atoms with Gasteiger partial charge in [-0.1, -0.05) is 6.58 Å². The van der Waals surface area contributed by atoms with Crippen LogP contribution in [0.4, 0.5) is 5.69 Å². The predicted molar refractivity (Wildman–Crippen MR) is 81.6 cm³/mol. The van der Waals surface area contributed by atoms with E-state index >= 15 is 0 Å². The molecule has 0 fully saturated rings. The molecule has 0 radical (unpaired) electrons. The topological polar surface area (TPSA) is 36.9 Å². The molecule has 1 aromatic rings. The van der Waals surface area contributed by atoms with Crippen LogP contribution in [0.2, 0.25) is 0 Å². The molecule has 0 aliphatic heterocycles. The van der Waals surface area contributed by atoms with Crippen molar-refractivity contribution >= 4 is 17.7 Å². The molecule has 0 aromatic heterocycles. The first kappa shape index (κ1) is 15.2. The monoisotopic (exact) mass is 261 g/mol. The highest BCUT2D eigenvalue weighted by Crippen LogP contribution is 2.26. The summed E-state index contributed by atoms with van der Waals surface area (Å²) in [6.45, 7) is 11.1. The van der Waals surface area contributed by atoms with Crippen LogP contribution in [0.25, 0.3) is 5.70 Å². The average Bonchev–Trinajstić information content (AvgIpc) is 2.39. The summed E-state index contributed by atoms with van der Waals surface area (Å²) in [6, 6.07) is 4.13. The number of hydroxylamine groups is 1. The van der Waals surface area contributed by atoms with Crippen LogP contribution in [-0.2, 0) is 4.84 Å². The van der Waals surface area contributed by atoms with Crippen LogP contribution >= 0.6 is 0 Å². The van der Waals surface area contributed by atoms with E-state index in [9.17, 15) is 0 Å². The highest BCUT2D eigenvalue weighted by molar-refractivity contribution is 5.70. The maximum Gasteiger partial charge on any atom is 0.0909 e. The molecule has 19 heavy (non-hydrogen) atoms. The molecule has 0 aliphatic rings. The molecule has 1 rings (SSSR count). The highest BCUT2D eigenvalue weighted by Gasteiger charge is 2.06. The van der Waals surface area contributed by atoms with Crippen LogP contribution < -0.4 is 5.48 Å². The van der Waals surface area contributed by atoms with Crippen LogP contribution in [-0.4, -0.2) is 31.9 Å². The van der Waals surface area contributed by atoms with Gasteiger partial charge < -0.3 is 4.90 Å². The number of nitrogens with one attached hydrogen (secondary N) is 1. The van der Waals surface area contributed by atoms with Crippen LogP contribution in [0.1, 0.15) is 23.6 Å². The van der Waals surface area contributed by atoms with E-state index in [0.717, 1.165) is 34.6 Å². The molecule has 0 heterocycles. The van der Waals surface area contributed by atoms with E-state index in [1.54, 1.807) is 7.11 Å². The van der Waals surface area contributed by atoms with Crippen LogP contribution in [0.3, 0.4) is 0 Å². The molecule has 0 unspecified atom stereocenters. The second kappa shape index (κ2) is 6.95. The Labute approximate surface area is 115 Å². The molecular formula is C15H23N3O. The SMILES string of the molecule is C=C(NOC)c1cc(C)c(N=CN(C)CC)cc1C. The van der Waals surface area contributed by atoms with Crippen LogP contribution in [0, 0.1) is 13.8 Å². The molecule has 4 nitrogen and oxygen atoms in total. The zero-order chi connectivity index (χ0) is 14.4. The van der Waals surface area contributed by atoms with Crippen molar-refractivity contribution in [3.05, 3.63) is 35.4 Å².